The lowest BCUT2D eigenvalue weighted by Gasteiger charge is -2.24. The average molecular weight is 397 g/mol. The first-order valence-corrected chi connectivity index (χ1v) is 9.47. The predicted molar refractivity (Wildman–Crippen MR) is 109 cm³/mol. The minimum Gasteiger partial charge on any atom is -0.381 e. The Kier molecular flexibility index (Phi) is 5.17. The van der Waals surface area contributed by atoms with Gasteiger partial charge in [0.25, 0.3) is 11.5 Å². The number of anilines is 3. The van der Waals surface area contributed by atoms with Crippen LogP contribution in [0.2, 0.25) is 0 Å². The number of nitrogens with zero attached hydrogens (tertiary/aromatic N) is 4. The predicted octanol–water partition coefficient (Wildman–Crippen LogP) is 1.39. The smallest absolute Gasteiger partial charge is 0.274 e. The first kappa shape index (κ1) is 18.9. The monoisotopic (exact) mass is 397 g/mol. The van der Waals surface area contributed by atoms with Gasteiger partial charge in [-0.2, -0.15) is 9.61 Å². The molecule has 0 unspecified atom stereocenters. The van der Waals surface area contributed by atoms with Gasteiger partial charge in [0, 0.05) is 45.6 Å². The van der Waals surface area contributed by atoms with Crippen molar-refractivity contribution in [1.82, 2.24) is 24.5 Å². The summed E-state index contributed by atoms with van der Waals surface area (Å²) in [4.78, 5) is 29.6. The van der Waals surface area contributed by atoms with Crippen LogP contribution in [0.4, 0.5) is 17.3 Å². The zero-order valence-electron chi connectivity index (χ0n) is 16.3. The second-order valence-corrected chi connectivity index (χ2v) is 6.75. The number of carbonyl (C=O) groups is 1. The number of aromatic nitrogens is 4. The van der Waals surface area contributed by atoms with E-state index in [2.05, 4.69) is 26.0 Å². The van der Waals surface area contributed by atoms with E-state index in [-0.39, 0.29) is 17.5 Å². The van der Waals surface area contributed by atoms with Gasteiger partial charge in [0.05, 0.1) is 6.20 Å². The Morgan fingerprint density at radius 2 is 2.07 bits per heavy atom. The lowest BCUT2D eigenvalue weighted by molar-refractivity contribution is 0.0687. The summed E-state index contributed by atoms with van der Waals surface area (Å²) in [7, 11) is 3.30. The summed E-state index contributed by atoms with van der Waals surface area (Å²) in [6, 6.07) is 5.42. The van der Waals surface area contributed by atoms with Gasteiger partial charge < -0.3 is 25.3 Å². The van der Waals surface area contributed by atoms with E-state index in [0.29, 0.717) is 41.7 Å². The molecular formula is C19H23N7O3. The van der Waals surface area contributed by atoms with Crippen molar-refractivity contribution in [3.8, 4) is 0 Å². The third-order valence-electron chi connectivity index (χ3n) is 5.02. The molecule has 0 bridgehead atoms. The molecule has 0 aliphatic carbocycles. The Balaban J connectivity index is 1.72. The van der Waals surface area contributed by atoms with E-state index in [1.165, 1.54) is 6.20 Å². The Hall–Kier alpha value is -3.40. The third kappa shape index (κ3) is 3.54. The van der Waals surface area contributed by atoms with Crippen LogP contribution in [0.25, 0.3) is 5.65 Å². The van der Waals surface area contributed by atoms with E-state index < -0.39 is 0 Å². The lowest BCUT2D eigenvalue weighted by Crippen LogP contribution is -2.29. The molecule has 1 amide bonds. The van der Waals surface area contributed by atoms with Crippen LogP contribution >= 0.6 is 0 Å². The van der Waals surface area contributed by atoms with Gasteiger partial charge in [0.2, 0.25) is 0 Å². The molecule has 4 heterocycles. The molecule has 4 rings (SSSR count). The molecule has 29 heavy (non-hydrogen) atoms. The number of nitrogens with one attached hydrogen (secondary N) is 3. The third-order valence-corrected chi connectivity index (χ3v) is 5.02. The molecule has 3 N–H and O–H groups in total. The van der Waals surface area contributed by atoms with E-state index >= 15 is 0 Å². The summed E-state index contributed by atoms with van der Waals surface area (Å²) in [5.41, 5.74) is 1.03. The number of ether oxygens (including phenoxy) is 1. The molecule has 3 aromatic rings. The van der Waals surface area contributed by atoms with Crippen molar-refractivity contribution in [2.24, 2.45) is 0 Å². The highest BCUT2D eigenvalue weighted by molar-refractivity contribution is 5.99. The molecule has 10 nitrogen and oxygen atoms in total. The Morgan fingerprint density at radius 3 is 2.79 bits per heavy atom. The van der Waals surface area contributed by atoms with Crippen LogP contribution < -0.4 is 21.5 Å². The maximum Gasteiger partial charge on any atom is 0.274 e. The van der Waals surface area contributed by atoms with Crippen molar-refractivity contribution in [3.05, 3.63) is 46.5 Å². The van der Waals surface area contributed by atoms with Crippen LogP contribution in [0.15, 0.2) is 35.4 Å². The zero-order chi connectivity index (χ0) is 20.4. The number of rotatable bonds is 5. The second-order valence-electron chi connectivity index (χ2n) is 6.75. The number of carbonyl (C=O) groups excluding carboxylic acids is 1. The zero-order valence-corrected chi connectivity index (χ0v) is 16.3. The molecule has 0 radical (unpaired) electrons. The normalized spacial score (nSPS) is 14.7. The molecule has 3 aromatic heterocycles. The fourth-order valence-electron chi connectivity index (χ4n) is 3.49. The largest absolute Gasteiger partial charge is 0.381 e. The average Bonchev–Trinajstić information content (AvgIpc) is 3.18. The van der Waals surface area contributed by atoms with Crippen molar-refractivity contribution in [3.63, 3.8) is 0 Å². The van der Waals surface area contributed by atoms with Crippen LogP contribution in [0, 0.1) is 0 Å². The van der Waals surface area contributed by atoms with Crippen LogP contribution in [0.3, 0.4) is 0 Å². The summed E-state index contributed by atoms with van der Waals surface area (Å²) in [6.07, 6.45) is 4.89. The van der Waals surface area contributed by atoms with Crippen molar-refractivity contribution in [2.45, 2.75) is 18.9 Å². The first-order valence-electron chi connectivity index (χ1n) is 9.47. The molecule has 152 valence electrons. The van der Waals surface area contributed by atoms with Crippen LogP contribution in [-0.2, 0) is 4.74 Å². The van der Waals surface area contributed by atoms with E-state index in [1.807, 2.05) is 6.07 Å². The molecule has 1 aliphatic rings. The number of hydrogen-bond acceptors (Lipinski definition) is 7. The molecular weight excluding hydrogens is 374 g/mol. The van der Waals surface area contributed by atoms with Crippen molar-refractivity contribution >= 4 is 28.9 Å². The van der Waals surface area contributed by atoms with Gasteiger partial charge in [-0.1, -0.05) is 0 Å². The minimum atomic E-state index is -0.284. The second kappa shape index (κ2) is 7.92. The van der Waals surface area contributed by atoms with E-state index in [0.717, 1.165) is 12.8 Å². The lowest BCUT2D eigenvalue weighted by atomic mass is 10.1. The number of amides is 1. The van der Waals surface area contributed by atoms with Crippen LogP contribution in [-0.4, -0.2) is 52.4 Å². The van der Waals surface area contributed by atoms with E-state index in [1.54, 1.807) is 41.5 Å². The summed E-state index contributed by atoms with van der Waals surface area (Å²) < 4.78 is 8.69. The molecule has 0 aromatic carbocycles. The molecule has 1 fully saturated rings. The van der Waals surface area contributed by atoms with Crippen molar-refractivity contribution in [1.29, 1.82) is 0 Å². The summed E-state index contributed by atoms with van der Waals surface area (Å²) in [5, 5.41) is 12.9. The summed E-state index contributed by atoms with van der Waals surface area (Å²) >= 11 is 0. The SMILES string of the molecule is CNC(=O)c1cnn2c(NC)cc(Nc3cccn(C4CCOCC4)c3=O)nc12. The maximum atomic E-state index is 13.0. The maximum absolute atomic E-state index is 13.0. The fraction of sp³-hybridized carbons (Fsp3) is 0.368. The van der Waals surface area contributed by atoms with Gasteiger partial charge in [-0.15, -0.1) is 0 Å². The van der Waals surface area contributed by atoms with Crippen molar-refractivity contribution in [2.75, 3.05) is 37.9 Å². The number of pyridine rings is 1. The van der Waals surface area contributed by atoms with Crippen molar-refractivity contribution < 1.29 is 9.53 Å². The number of hydrogen-bond donors (Lipinski definition) is 3. The molecule has 1 saturated heterocycles. The first-order chi connectivity index (χ1) is 14.1. The van der Waals surface area contributed by atoms with Gasteiger partial charge in [-0.3, -0.25) is 9.59 Å². The highest BCUT2D eigenvalue weighted by Crippen LogP contribution is 2.22. The highest BCUT2D eigenvalue weighted by atomic mass is 16.5. The Labute approximate surface area is 166 Å². The van der Waals surface area contributed by atoms with Gasteiger partial charge in [-0.05, 0) is 25.0 Å². The summed E-state index contributed by atoms with van der Waals surface area (Å²) in [5.74, 6) is 0.788. The van der Waals surface area contributed by atoms with Gasteiger partial charge in [0.15, 0.2) is 5.65 Å². The topological polar surface area (TPSA) is 115 Å². The van der Waals surface area contributed by atoms with Crippen LogP contribution in [0.1, 0.15) is 29.2 Å². The van der Waals surface area contributed by atoms with Gasteiger partial charge in [0.1, 0.15) is 22.9 Å². The van der Waals surface area contributed by atoms with Gasteiger partial charge >= 0.3 is 0 Å². The van der Waals surface area contributed by atoms with E-state index in [9.17, 15) is 9.59 Å². The standard InChI is InChI=1S/C19H23N7O3/c1-20-16-10-15(24-17-13(18(27)21-2)11-22-26(16)17)23-14-4-3-7-25(19(14)28)12-5-8-29-9-6-12/h3-4,7,10-12,20H,5-6,8-9H2,1-2H3,(H,21,27)(H,23,24). The Bertz CT molecular complexity index is 1100. The quantitative estimate of drug-likeness (QED) is 0.596. The molecule has 1 aliphatic heterocycles. The molecule has 0 spiro atoms. The highest BCUT2D eigenvalue weighted by Gasteiger charge is 2.19. The fourth-order valence-corrected chi connectivity index (χ4v) is 3.49. The van der Waals surface area contributed by atoms with Gasteiger partial charge in [-0.25, -0.2) is 4.98 Å². The molecule has 10 heteroatoms. The van der Waals surface area contributed by atoms with E-state index in [4.69, 9.17) is 4.74 Å². The van der Waals surface area contributed by atoms with Crippen LogP contribution in [0.5, 0.6) is 0 Å². The molecule has 0 atom stereocenters. The Morgan fingerprint density at radius 1 is 1.28 bits per heavy atom. The number of fused-ring (bicyclic) bond motifs is 1. The minimum absolute atomic E-state index is 0.118. The summed E-state index contributed by atoms with van der Waals surface area (Å²) in [6.45, 7) is 1.31. The molecule has 0 saturated carbocycles.